The topological polar surface area (TPSA) is 76.1 Å². The number of carbonyl (C=O) groups excluding carboxylic acids is 2. The highest BCUT2D eigenvalue weighted by Crippen LogP contribution is 2.49. The predicted molar refractivity (Wildman–Crippen MR) is 154 cm³/mol. The van der Waals surface area contributed by atoms with Crippen molar-refractivity contribution >= 4 is 24.2 Å². The molecule has 1 aromatic rings. The summed E-state index contributed by atoms with van der Waals surface area (Å²) in [5.41, 5.74) is 0.414. The van der Waals surface area contributed by atoms with Crippen molar-refractivity contribution in [3.05, 3.63) is 35.9 Å². The molecule has 2 N–H and O–H groups in total. The third-order valence-electron chi connectivity index (χ3n) is 10.5. The van der Waals surface area contributed by atoms with Gasteiger partial charge in [-0.2, -0.15) is 0 Å². The van der Waals surface area contributed by atoms with Crippen LogP contribution in [-0.4, -0.2) is 81.2 Å². The third-order valence-corrected chi connectivity index (χ3v) is 10.5. The van der Waals surface area contributed by atoms with Gasteiger partial charge in [0.2, 0.25) is 17.7 Å². The van der Waals surface area contributed by atoms with Crippen LogP contribution >= 0.6 is 12.4 Å². The summed E-state index contributed by atoms with van der Waals surface area (Å²) in [7, 11) is 0. The second-order valence-electron chi connectivity index (χ2n) is 13.0. The number of hydrogen-bond donors (Lipinski definition) is 2. The Morgan fingerprint density at radius 1 is 1.05 bits per heavy atom. The van der Waals surface area contributed by atoms with Crippen LogP contribution in [0.4, 0.5) is 8.78 Å². The first-order chi connectivity index (χ1) is 19.2. The predicted octanol–water partition coefficient (Wildman–Crippen LogP) is 4.70. The number of fused-ring (bicyclic) bond motifs is 2. The molecule has 0 aromatic heterocycles. The van der Waals surface area contributed by atoms with Crippen molar-refractivity contribution in [3.8, 4) is 0 Å². The molecular weight excluding hydrogens is 550 g/mol. The lowest BCUT2D eigenvalue weighted by Crippen LogP contribution is -2.61. The van der Waals surface area contributed by atoms with E-state index in [1.807, 2.05) is 37.3 Å². The van der Waals surface area contributed by atoms with Gasteiger partial charge in [0.15, 0.2) is 6.35 Å². The lowest BCUT2D eigenvalue weighted by Gasteiger charge is -2.47. The summed E-state index contributed by atoms with van der Waals surface area (Å²) < 4.78 is 27.4. The molecule has 228 valence electrons. The Labute approximate surface area is 248 Å². The van der Waals surface area contributed by atoms with Gasteiger partial charge in [-0.15, -0.1) is 12.4 Å². The Morgan fingerprint density at radius 2 is 1.68 bits per heavy atom. The molecule has 3 unspecified atom stereocenters. The number of amides is 2. The van der Waals surface area contributed by atoms with Crippen molar-refractivity contribution < 1.29 is 23.5 Å². The Hall–Kier alpha value is -1.81. The average molecular weight is 595 g/mol. The molecule has 1 spiro atoms. The second kappa shape index (κ2) is 12.1. The Balaban J connectivity index is 0.00000337. The van der Waals surface area contributed by atoms with E-state index in [0.717, 1.165) is 50.8 Å². The zero-order valence-corrected chi connectivity index (χ0v) is 24.8. The zero-order valence-electron chi connectivity index (χ0n) is 24.0. The number of nitrogens with zero attached hydrogens (tertiary/aromatic N) is 3. The smallest absolute Gasteiger partial charge is 0.248 e. The fourth-order valence-corrected chi connectivity index (χ4v) is 8.01. The van der Waals surface area contributed by atoms with E-state index in [1.165, 1.54) is 12.8 Å². The monoisotopic (exact) mass is 594 g/mol. The molecule has 0 radical (unpaired) electrons. The fraction of sp³-hybridized carbons (Fsp3) is 0.742. The standard InChI is InChI=1S/C31H44F2N4O3.ClH/c1-2-35-28(39)30(37(29(35)40)20-21-8-9-21)18-24-10-11-25(19-30)36(24)17-14-26(22-6-4-3-5-7-22)34-27(38)23-12-15-31(32,33)16-13-23;/h3-7,21,23-26,29,40H,2,8-20H2,1H3,(H,34,38);1H/t24?,25?,26-,29?,30?;/m0./s1. The maximum Gasteiger partial charge on any atom is 0.248 e. The Morgan fingerprint density at radius 3 is 2.27 bits per heavy atom. The van der Waals surface area contributed by atoms with Crippen LogP contribution in [-0.2, 0) is 9.59 Å². The number of alkyl halides is 2. The van der Waals surface area contributed by atoms with E-state index in [1.54, 1.807) is 4.90 Å². The normalized spacial score (nSPS) is 32.7. The number of benzene rings is 1. The number of nitrogens with one attached hydrogen (secondary N) is 1. The van der Waals surface area contributed by atoms with Crippen LogP contribution in [0.3, 0.4) is 0 Å². The van der Waals surface area contributed by atoms with Gasteiger partial charge in [-0.25, -0.2) is 13.7 Å². The molecule has 2 saturated carbocycles. The van der Waals surface area contributed by atoms with Gasteiger partial charge in [0.05, 0.1) is 6.04 Å². The Kier molecular flexibility index (Phi) is 9.01. The quantitative estimate of drug-likeness (QED) is 0.434. The highest BCUT2D eigenvalue weighted by molar-refractivity contribution is 5.89. The molecule has 2 bridgehead atoms. The summed E-state index contributed by atoms with van der Waals surface area (Å²) in [6.07, 6.45) is 5.81. The molecule has 1 aromatic carbocycles. The van der Waals surface area contributed by atoms with E-state index in [4.69, 9.17) is 0 Å². The van der Waals surface area contributed by atoms with Crippen LogP contribution in [0, 0.1) is 11.8 Å². The van der Waals surface area contributed by atoms with E-state index < -0.39 is 17.8 Å². The second-order valence-corrected chi connectivity index (χ2v) is 13.0. The fourth-order valence-electron chi connectivity index (χ4n) is 8.01. The average Bonchev–Trinajstić information content (AvgIpc) is 3.70. The minimum atomic E-state index is -2.65. The minimum absolute atomic E-state index is 0. The lowest BCUT2D eigenvalue weighted by molar-refractivity contribution is -0.138. The highest BCUT2D eigenvalue weighted by atomic mass is 35.5. The first-order valence-corrected chi connectivity index (χ1v) is 15.5. The summed E-state index contributed by atoms with van der Waals surface area (Å²) in [5, 5.41) is 14.3. The van der Waals surface area contributed by atoms with Gasteiger partial charge < -0.3 is 15.3 Å². The van der Waals surface area contributed by atoms with Gasteiger partial charge >= 0.3 is 0 Å². The molecule has 2 aliphatic carbocycles. The number of rotatable bonds is 9. The maximum atomic E-state index is 13.7. The van der Waals surface area contributed by atoms with Crippen LogP contribution in [0.25, 0.3) is 0 Å². The van der Waals surface area contributed by atoms with E-state index in [2.05, 4.69) is 15.1 Å². The molecule has 6 rings (SSSR count). The van der Waals surface area contributed by atoms with E-state index in [-0.39, 0.29) is 73.9 Å². The summed E-state index contributed by atoms with van der Waals surface area (Å²) in [5.74, 6) is -2.47. The molecule has 5 fully saturated rings. The van der Waals surface area contributed by atoms with Gasteiger partial charge in [0, 0.05) is 50.5 Å². The first kappa shape index (κ1) is 30.6. The zero-order chi connectivity index (χ0) is 28.1. The van der Waals surface area contributed by atoms with E-state index in [0.29, 0.717) is 12.5 Å². The SMILES string of the molecule is CCN1C(=O)C2(CC3CCC(C2)N3CC[C@H](NC(=O)C2CCC(F)(F)CC2)c2ccccc2)N(CC2CC2)C1O.Cl. The lowest BCUT2D eigenvalue weighted by atomic mass is 9.81. The van der Waals surface area contributed by atoms with Gasteiger partial charge in [-0.1, -0.05) is 30.3 Å². The molecule has 3 aliphatic heterocycles. The van der Waals surface area contributed by atoms with Crippen molar-refractivity contribution in [1.82, 2.24) is 20.0 Å². The number of halogens is 3. The maximum absolute atomic E-state index is 13.7. The third kappa shape index (κ3) is 6.01. The van der Waals surface area contributed by atoms with E-state index in [9.17, 15) is 23.5 Å². The molecule has 3 heterocycles. The van der Waals surface area contributed by atoms with Gasteiger partial charge in [-0.05, 0) is 76.2 Å². The van der Waals surface area contributed by atoms with Crippen molar-refractivity contribution in [1.29, 1.82) is 0 Å². The van der Waals surface area contributed by atoms with Crippen LogP contribution in [0.5, 0.6) is 0 Å². The van der Waals surface area contributed by atoms with Gasteiger partial charge in [0.25, 0.3) is 0 Å². The molecule has 2 amide bonds. The number of carbonyl (C=O) groups is 2. The van der Waals surface area contributed by atoms with Crippen LogP contribution in [0.1, 0.15) is 89.2 Å². The van der Waals surface area contributed by atoms with Crippen molar-refractivity contribution in [2.45, 2.75) is 113 Å². The van der Waals surface area contributed by atoms with Crippen LogP contribution in [0.2, 0.25) is 0 Å². The van der Waals surface area contributed by atoms with Crippen molar-refractivity contribution in [2.24, 2.45) is 11.8 Å². The van der Waals surface area contributed by atoms with Crippen LogP contribution in [0.15, 0.2) is 30.3 Å². The largest absolute Gasteiger partial charge is 0.361 e. The van der Waals surface area contributed by atoms with Gasteiger partial charge in [-0.3, -0.25) is 14.5 Å². The summed E-state index contributed by atoms with van der Waals surface area (Å²) in [6, 6.07) is 10.3. The first-order valence-electron chi connectivity index (χ1n) is 15.5. The molecule has 4 atom stereocenters. The molecule has 41 heavy (non-hydrogen) atoms. The van der Waals surface area contributed by atoms with E-state index >= 15 is 0 Å². The number of likely N-dealkylation sites (N-methyl/N-ethyl adjacent to an activating group) is 1. The molecule has 10 heteroatoms. The van der Waals surface area contributed by atoms with Crippen molar-refractivity contribution in [3.63, 3.8) is 0 Å². The Bertz CT molecular complexity index is 1070. The number of aliphatic hydroxyl groups is 1. The minimum Gasteiger partial charge on any atom is -0.361 e. The number of hydrogen-bond acceptors (Lipinski definition) is 5. The summed E-state index contributed by atoms with van der Waals surface area (Å²) >= 11 is 0. The van der Waals surface area contributed by atoms with Crippen molar-refractivity contribution in [2.75, 3.05) is 19.6 Å². The number of aliphatic hydroxyl groups excluding tert-OH is 1. The van der Waals surface area contributed by atoms with Crippen LogP contribution < -0.4 is 5.32 Å². The van der Waals surface area contributed by atoms with Gasteiger partial charge in [0.1, 0.15) is 5.54 Å². The molecule has 7 nitrogen and oxygen atoms in total. The highest BCUT2D eigenvalue weighted by Gasteiger charge is 2.62. The molecule has 3 saturated heterocycles. The molecule has 5 aliphatic rings. The number of piperidine rings is 1. The summed E-state index contributed by atoms with van der Waals surface area (Å²) in [4.78, 5) is 33.2. The molecular formula is C31H45ClF2N4O3. The summed E-state index contributed by atoms with van der Waals surface area (Å²) in [6.45, 7) is 4.04.